The average Bonchev–Trinajstić information content (AvgIpc) is 3.99. The molecular weight excluding hydrogens is 775 g/mol. The van der Waals surface area contributed by atoms with E-state index < -0.39 is 0 Å². The predicted octanol–water partition coefficient (Wildman–Crippen LogP) is 12.1. The van der Waals surface area contributed by atoms with E-state index in [0.29, 0.717) is 39.9 Å². The van der Waals surface area contributed by atoms with E-state index in [0.717, 1.165) is 82.4 Å². The topological polar surface area (TPSA) is 125 Å². The Balaban J connectivity index is 1.12. The highest BCUT2D eigenvalue weighted by Gasteiger charge is 2.24. The fourth-order valence-corrected chi connectivity index (χ4v) is 9.24. The molecule has 0 saturated heterocycles. The summed E-state index contributed by atoms with van der Waals surface area (Å²) in [5.74, 6) is 1.19. The Bertz CT molecular complexity index is 3930. The van der Waals surface area contributed by atoms with E-state index in [-0.39, 0.29) is 0 Å². The van der Waals surface area contributed by atoms with Gasteiger partial charge in [-0.1, -0.05) is 97.1 Å². The molecule has 9 heteroatoms. The number of rotatable bonds is 5. The summed E-state index contributed by atoms with van der Waals surface area (Å²) in [6, 6.07) is 65.2. The standard InChI is InChI=1S/C54H29N9/c55-30-33-19-24-48-43(27-33)44-28-34(31-56)20-25-49(44)63(48)54-59-52(35-11-3-1-4-12-35)58-53(60-54)36-21-26-45(37(29-36)32-57)62-47-18-10-8-16-40(47)42-23-22-41-39-15-7-9-17-46(39)61(50(41)51(42)62)38-13-5-2-6-14-38/h1-29H. The molecule has 0 fully saturated rings. The molecule has 0 amide bonds. The van der Waals surface area contributed by atoms with Gasteiger partial charge in [-0.15, -0.1) is 0 Å². The number of benzene rings is 8. The lowest BCUT2D eigenvalue weighted by Gasteiger charge is -2.15. The number of aromatic nitrogens is 6. The van der Waals surface area contributed by atoms with Gasteiger partial charge in [0.15, 0.2) is 11.6 Å². The summed E-state index contributed by atoms with van der Waals surface area (Å²) in [7, 11) is 0. The summed E-state index contributed by atoms with van der Waals surface area (Å²) in [4.78, 5) is 15.2. The lowest BCUT2D eigenvalue weighted by Crippen LogP contribution is -2.07. The van der Waals surface area contributed by atoms with Crippen molar-refractivity contribution in [1.29, 1.82) is 15.8 Å². The second-order valence-corrected chi connectivity index (χ2v) is 15.4. The molecular formula is C54H29N9. The number of nitriles is 3. The summed E-state index contributed by atoms with van der Waals surface area (Å²) in [5, 5.41) is 36.7. The third kappa shape index (κ3) is 5.36. The summed E-state index contributed by atoms with van der Waals surface area (Å²) >= 11 is 0. The molecule has 12 aromatic rings. The quantitative estimate of drug-likeness (QED) is 0.171. The highest BCUT2D eigenvalue weighted by Crippen LogP contribution is 2.42. The van der Waals surface area contributed by atoms with Gasteiger partial charge < -0.3 is 9.13 Å². The largest absolute Gasteiger partial charge is 0.307 e. The number of hydrogen-bond donors (Lipinski definition) is 0. The first-order valence-electron chi connectivity index (χ1n) is 20.4. The van der Waals surface area contributed by atoms with E-state index in [1.807, 2.05) is 89.5 Å². The van der Waals surface area contributed by atoms with E-state index in [1.54, 1.807) is 12.1 Å². The monoisotopic (exact) mass is 803 g/mol. The molecule has 0 bridgehead atoms. The second kappa shape index (κ2) is 13.9. The highest BCUT2D eigenvalue weighted by atomic mass is 15.2. The first-order chi connectivity index (χ1) is 31.1. The van der Waals surface area contributed by atoms with Crippen LogP contribution in [-0.4, -0.2) is 28.7 Å². The lowest BCUT2D eigenvalue weighted by atomic mass is 10.1. The first-order valence-corrected chi connectivity index (χ1v) is 20.4. The van der Waals surface area contributed by atoms with Gasteiger partial charge in [0.25, 0.3) is 0 Å². The van der Waals surface area contributed by atoms with Gasteiger partial charge in [-0.05, 0) is 78.9 Å². The van der Waals surface area contributed by atoms with E-state index in [2.05, 4.69) is 106 Å². The molecule has 9 nitrogen and oxygen atoms in total. The molecule has 63 heavy (non-hydrogen) atoms. The number of para-hydroxylation sites is 3. The van der Waals surface area contributed by atoms with E-state index in [1.165, 1.54) is 0 Å². The van der Waals surface area contributed by atoms with Crippen molar-refractivity contribution in [3.05, 3.63) is 193 Å². The first kappa shape index (κ1) is 35.6. The van der Waals surface area contributed by atoms with Gasteiger partial charge >= 0.3 is 0 Å². The zero-order valence-corrected chi connectivity index (χ0v) is 33.3. The Labute approximate surface area is 359 Å². The van der Waals surface area contributed by atoms with Gasteiger partial charge in [-0.3, -0.25) is 4.57 Å². The van der Waals surface area contributed by atoms with E-state index in [4.69, 9.17) is 15.0 Å². The summed E-state index contributed by atoms with van der Waals surface area (Å²) < 4.78 is 6.50. The van der Waals surface area contributed by atoms with Crippen molar-refractivity contribution >= 4 is 65.4 Å². The van der Waals surface area contributed by atoms with Crippen molar-refractivity contribution in [3.8, 4) is 58.3 Å². The molecule has 0 aliphatic carbocycles. The van der Waals surface area contributed by atoms with Gasteiger partial charge in [0.05, 0.1) is 67.6 Å². The number of hydrogen-bond acceptors (Lipinski definition) is 6. The molecule has 0 spiro atoms. The minimum atomic E-state index is 0.356. The highest BCUT2D eigenvalue weighted by molar-refractivity contribution is 6.24. The molecule has 0 aliphatic heterocycles. The molecule has 12 rings (SSSR count). The third-order valence-corrected chi connectivity index (χ3v) is 12.0. The Morgan fingerprint density at radius 1 is 0.365 bits per heavy atom. The summed E-state index contributed by atoms with van der Waals surface area (Å²) in [5.41, 5.74) is 10.3. The Morgan fingerprint density at radius 3 is 1.49 bits per heavy atom. The molecule has 290 valence electrons. The molecule has 0 N–H and O–H groups in total. The summed E-state index contributed by atoms with van der Waals surface area (Å²) in [6.45, 7) is 0. The minimum absolute atomic E-state index is 0.356. The second-order valence-electron chi connectivity index (χ2n) is 15.4. The molecule has 0 radical (unpaired) electrons. The van der Waals surface area contributed by atoms with E-state index >= 15 is 0 Å². The van der Waals surface area contributed by atoms with Crippen LogP contribution in [0.4, 0.5) is 0 Å². The molecule has 0 aliphatic rings. The van der Waals surface area contributed by atoms with Crippen LogP contribution in [0.25, 0.3) is 106 Å². The van der Waals surface area contributed by atoms with Crippen LogP contribution in [-0.2, 0) is 0 Å². The van der Waals surface area contributed by atoms with Gasteiger partial charge in [0.2, 0.25) is 5.95 Å². The normalized spacial score (nSPS) is 11.4. The van der Waals surface area contributed by atoms with Gasteiger partial charge in [-0.2, -0.15) is 25.8 Å². The van der Waals surface area contributed by atoms with Crippen LogP contribution in [0.5, 0.6) is 0 Å². The fourth-order valence-electron chi connectivity index (χ4n) is 9.24. The van der Waals surface area contributed by atoms with Crippen LogP contribution in [0.1, 0.15) is 16.7 Å². The van der Waals surface area contributed by atoms with Crippen molar-refractivity contribution in [1.82, 2.24) is 28.7 Å². The van der Waals surface area contributed by atoms with Crippen LogP contribution < -0.4 is 0 Å². The Morgan fingerprint density at radius 2 is 0.889 bits per heavy atom. The maximum atomic E-state index is 11.1. The van der Waals surface area contributed by atoms with Crippen LogP contribution >= 0.6 is 0 Å². The van der Waals surface area contributed by atoms with Crippen molar-refractivity contribution < 1.29 is 0 Å². The zero-order valence-electron chi connectivity index (χ0n) is 33.3. The third-order valence-electron chi connectivity index (χ3n) is 12.0. The molecule has 0 saturated carbocycles. The summed E-state index contributed by atoms with van der Waals surface area (Å²) in [6.07, 6.45) is 0. The maximum Gasteiger partial charge on any atom is 0.238 e. The molecule has 0 unspecified atom stereocenters. The van der Waals surface area contributed by atoms with Crippen molar-refractivity contribution in [2.24, 2.45) is 0 Å². The zero-order chi connectivity index (χ0) is 42.2. The Hall–Kier alpha value is -9.36. The molecule has 0 atom stereocenters. The number of nitrogens with zero attached hydrogens (tertiary/aromatic N) is 9. The Kier molecular flexibility index (Phi) is 7.83. The minimum Gasteiger partial charge on any atom is -0.307 e. The maximum absolute atomic E-state index is 11.1. The average molecular weight is 804 g/mol. The smallest absolute Gasteiger partial charge is 0.238 e. The van der Waals surface area contributed by atoms with Crippen LogP contribution in [0.15, 0.2) is 176 Å². The van der Waals surface area contributed by atoms with Crippen LogP contribution in [0, 0.1) is 34.0 Å². The molecule has 4 heterocycles. The molecule has 4 aromatic heterocycles. The predicted molar refractivity (Wildman–Crippen MR) is 248 cm³/mol. The van der Waals surface area contributed by atoms with Gasteiger partial charge in [0, 0.05) is 49.1 Å². The van der Waals surface area contributed by atoms with Crippen molar-refractivity contribution in [2.45, 2.75) is 0 Å². The van der Waals surface area contributed by atoms with Crippen molar-refractivity contribution in [3.63, 3.8) is 0 Å². The lowest BCUT2D eigenvalue weighted by molar-refractivity contribution is 0.953. The fraction of sp³-hybridized carbons (Fsp3) is 0. The van der Waals surface area contributed by atoms with Crippen molar-refractivity contribution in [2.75, 3.05) is 0 Å². The van der Waals surface area contributed by atoms with Gasteiger partial charge in [0.1, 0.15) is 6.07 Å². The van der Waals surface area contributed by atoms with Crippen LogP contribution in [0.2, 0.25) is 0 Å². The SMILES string of the molecule is N#Cc1ccc2c(c1)c1cc(C#N)ccc1n2-c1nc(-c2ccccc2)nc(-c2ccc(-n3c4ccccc4c4ccc5c6ccccc6n(-c6ccccc6)c5c43)c(C#N)c2)n1. The molecule has 8 aromatic carbocycles. The van der Waals surface area contributed by atoms with Crippen LogP contribution in [0.3, 0.4) is 0 Å². The van der Waals surface area contributed by atoms with Gasteiger partial charge in [-0.25, -0.2) is 4.98 Å². The van der Waals surface area contributed by atoms with E-state index in [9.17, 15) is 15.8 Å². The number of fused-ring (bicyclic) bond motifs is 10.